The highest BCUT2D eigenvalue weighted by molar-refractivity contribution is 9.09. The summed E-state index contributed by atoms with van der Waals surface area (Å²) in [5, 5.41) is 0.573. The van der Waals surface area contributed by atoms with Gasteiger partial charge in [-0.3, -0.25) is 14.5 Å². The summed E-state index contributed by atoms with van der Waals surface area (Å²) in [6, 6.07) is 0. The van der Waals surface area contributed by atoms with E-state index in [-0.39, 0.29) is 18.4 Å². The number of alkyl halides is 1. The van der Waals surface area contributed by atoms with Crippen LogP contribution < -0.4 is 0 Å². The van der Waals surface area contributed by atoms with Crippen LogP contribution in [0.25, 0.3) is 0 Å². The molecule has 1 rings (SSSR count). The van der Waals surface area contributed by atoms with Gasteiger partial charge < -0.3 is 0 Å². The molecule has 0 radical (unpaired) electrons. The number of hydrogen-bond acceptors (Lipinski definition) is 2. The van der Waals surface area contributed by atoms with Gasteiger partial charge in [-0.25, -0.2) is 0 Å². The quantitative estimate of drug-likeness (QED) is 0.404. The second kappa shape index (κ2) is 5.82. The SMILES string of the molecule is O=C1CCCCC(=O)N1CC#CCBr. The van der Waals surface area contributed by atoms with Crippen LogP contribution in [-0.2, 0) is 9.59 Å². The normalized spacial score (nSPS) is 17.4. The minimum absolute atomic E-state index is 0.0867. The monoisotopic (exact) mass is 257 g/mol. The van der Waals surface area contributed by atoms with Crippen molar-refractivity contribution in [2.45, 2.75) is 25.7 Å². The Morgan fingerprint density at radius 1 is 1.14 bits per heavy atom. The number of hydrogen-bond donors (Lipinski definition) is 0. The van der Waals surface area contributed by atoms with Crippen LogP contribution in [0.1, 0.15) is 25.7 Å². The Morgan fingerprint density at radius 2 is 1.71 bits per heavy atom. The predicted molar refractivity (Wildman–Crippen MR) is 56.8 cm³/mol. The van der Waals surface area contributed by atoms with E-state index in [4.69, 9.17) is 0 Å². The molecular formula is C10H12BrNO2. The van der Waals surface area contributed by atoms with Gasteiger partial charge in [-0.2, -0.15) is 0 Å². The van der Waals surface area contributed by atoms with Gasteiger partial charge in [-0.05, 0) is 12.8 Å². The van der Waals surface area contributed by atoms with Crippen molar-refractivity contribution in [2.75, 3.05) is 11.9 Å². The maximum absolute atomic E-state index is 11.4. The van der Waals surface area contributed by atoms with Crippen LogP contribution in [0.15, 0.2) is 0 Å². The fourth-order valence-corrected chi connectivity index (χ4v) is 1.52. The maximum Gasteiger partial charge on any atom is 0.230 e. The van der Waals surface area contributed by atoms with Crippen molar-refractivity contribution in [2.24, 2.45) is 0 Å². The largest absolute Gasteiger partial charge is 0.274 e. The molecule has 0 aromatic heterocycles. The van der Waals surface area contributed by atoms with E-state index < -0.39 is 0 Å². The van der Waals surface area contributed by atoms with Gasteiger partial charge >= 0.3 is 0 Å². The number of halogens is 1. The number of likely N-dealkylation sites (tertiary alicyclic amines) is 1. The summed E-state index contributed by atoms with van der Waals surface area (Å²) in [4.78, 5) is 24.2. The minimum Gasteiger partial charge on any atom is -0.274 e. The standard InChI is InChI=1S/C10H12BrNO2/c11-7-3-4-8-12-9(13)5-1-2-6-10(12)14/h1-2,5-8H2. The maximum atomic E-state index is 11.4. The molecule has 0 N–H and O–H groups in total. The highest BCUT2D eigenvalue weighted by Crippen LogP contribution is 2.11. The molecule has 0 spiro atoms. The molecule has 1 fully saturated rings. The van der Waals surface area contributed by atoms with Crippen molar-refractivity contribution in [3.05, 3.63) is 0 Å². The Kier molecular flexibility index (Phi) is 4.68. The van der Waals surface area contributed by atoms with Crippen molar-refractivity contribution >= 4 is 27.7 Å². The zero-order chi connectivity index (χ0) is 10.4. The Morgan fingerprint density at radius 3 is 2.21 bits per heavy atom. The lowest BCUT2D eigenvalue weighted by Gasteiger charge is -2.14. The summed E-state index contributed by atoms with van der Waals surface area (Å²) in [7, 11) is 0. The summed E-state index contributed by atoms with van der Waals surface area (Å²) in [5.41, 5.74) is 0. The highest BCUT2D eigenvalue weighted by Gasteiger charge is 2.22. The molecule has 0 saturated carbocycles. The van der Waals surface area contributed by atoms with E-state index in [1.54, 1.807) is 0 Å². The third kappa shape index (κ3) is 3.15. The van der Waals surface area contributed by atoms with Gasteiger partial charge in [0.25, 0.3) is 0 Å². The molecule has 2 amide bonds. The molecule has 14 heavy (non-hydrogen) atoms. The van der Waals surface area contributed by atoms with Crippen LogP contribution in [0.4, 0.5) is 0 Å². The predicted octanol–water partition coefficient (Wildman–Crippen LogP) is 1.31. The molecule has 1 aliphatic rings. The van der Waals surface area contributed by atoms with Crippen LogP contribution in [0.3, 0.4) is 0 Å². The van der Waals surface area contributed by atoms with Gasteiger partial charge in [0.15, 0.2) is 0 Å². The lowest BCUT2D eigenvalue weighted by atomic mass is 10.2. The molecule has 0 bridgehead atoms. The van der Waals surface area contributed by atoms with Crippen LogP contribution in [-0.4, -0.2) is 28.6 Å². The summed E-state index contributed by atoms with van der Waals surface area (Å²) < 4.78 is 0. The van der Waals surface area contributed by atoms with Gasteiger partial charge in [0.2, 0.25) is 11.8 Å². The molecule has 4 heteroatoms. The Balaban J connectivity index is 2.61. The van der Waals surface area contributed by atoms with Crippen molar-refractivity contribution in [3.63, 3.8) is 0 Å². The zero-order valence-corrected chi connectivity index (χ0v) is 9.47. The fraction of sp³-hybridized carbons (Fsp3) is 0.600. The van der Waals surface area contributed by atoms with E-state index >= 15 is 0 Å². The van der Waals surface area contributed by atoms with Crippen molar-refractivity contribution < 1.29 is 9.59 Å². The van der Waals surface area contributed by atoms with Gasteiger partial charge in [0.1, 0.15) is 0 Å². The van der Waals surface area contributed by atoms with E-state index in [0.717, 1.165) is 12.8 Å². The topological polar surface area (TPSA) is 37.4 Å². The van der Waals surface area contributed by atoms with Gasteiger partial charge in [0, 0.05) is 12.8 Å². The van der Waals surface area contributed by atoms with E-state index in [2.05, 4.69) is 27.8 Å². The first-order chi connectivity index (χ1) is 6.75. The average Bonchev–Trinajstić information content (AvgIpc) is 2.32. The van der Waals surface area contributed by atoms with Crippen molar-refractivity contribution in [1.29, 1.82) is 0 Å². The molecular weight excluding hydrogens is 246 g/mol. The second-order valence-corrected chi connectivity index (χ2v) is 3.63. The summed E-state index contributed by atoms with van der Waals surface area (Å²) in [6.07, 6.45) is 2.57. The summed E-state index contributed by atoms with van der Waals surface area (Å²) >= 11 is 3.16. The fourth-order valence-electron chi connectivity index (χ4n) is 1.32. The van der Waals surface area contributed by atoms with Gasteiger partial charge in [-0.1, -0.05) is 27.8 Å². The average molecular weight is 258 g/mol. The van der Waals surface area contributed by atoms with E-state index in [1.165, 1.54) is 4.90 Å². The number of carbonyl (C=O) groups excluding carboxylic acids is 2. The molecule has 0 aromatic rings. The van der Waals surface area contributed by atoms with Crippen LogP contribution >= 0.6 is 15.9 Å². The highest BCUT2D eigenvalue weighted by atomic mass is 79.9. The second-order valence-electron chi connectivity index (χ2n) is 3.07. The molecule has 0 atom stereocenters. The Hall–Kier alpha value is -0.820. The van der Waals surface area contributed by atoms with Gasteiger partial charge in [-0.15, -0.1) is 0 Å². The number of rotatable bonds is 1. The summed E-state index contributed by atoms with van der Waals surface area (Å²) in [5.74, 6) is 5.39. The van der Waals surface area contributed by atoms with Gasteiger partial charge in [0.05, 0.1) is 11.9 Å². The first-order valence-corrected chi connectivity index (χ1v) is 5.72. The molecule has 1 aliphatic heterocycles. The molecule has 0 aliphatic carbocycles. The first-order valence-electron chi connectivity index (χ1n) is 4.60. The van der Waals surface area contributed by atoms with Crippen LogP contribution in [0.2, 0.25) is 0 Å². The number of imide groups is 1. The third-order valence-electron chi connectivity index (χ3n) is 2.06. The lowest BCUT2D eigenvalue weighted by molar-refractivity contribution is -0.142. The van der Waals surface area contributed by atoms with Crippen LogP contribution in [0, 0.1) is 11.8 Å². The molecule has 1 heterocycles. The third-order valence-corrected chi connectivity index (χ3v) is 2.34. The van der Waals surface area contributed by atoms with E-state index in [0.29, 0.717) is 18.2 Å². The summed E-state index contributed by atoms with van der Waals surface area (Å²) in [6.45, 7) is 0.239. The van der Waals surface area contributed by atoms with E-state index in [1.807, 2.05) is 0 Å². The number of nitrogens with zero attached hydrogens (tertiary/aromatic N) is 1. The molecule has 1 saturated heterocycles. The van der Waals surface area contributed by atoms with Crippen molar-refractivity contribution in [1.82, 2.24) is 4.90 Å². The lowest BCUT2D eigenvalue weighted by Crippen LogP contribution is -2.35. The minimum atomic E-state index is -0.0867. The number of amides is 2. The zero-order valence-electron chi connectivity index (χ0n) is 7.88. The van der Waals surface area contributed by atoms with E-state index in [9.17, 15) is 9.59 Å². The Labute approximate surface area is 92.0 Å². The Bertz CT molecular complexity index is 272. The smallest absolute Gasteiger partial charge is 0.230 e. The molecule has 0 unspecified atom stereocenters. The van der Waals surface area contributed by atoms with Crippen molar-refractivity contribution in [3.8, 4) is 11.8 Å². The molecule has 3 nitrogen and oxygen atoms in total. The first kappa shape index (κ1) is 11.3. The molecule has 0 aromatic carbocycles. The molecule has 76 valence electrons. The van der Waals surface area contributed by atoms with Crippen LogP contribution in [0.5, 0.6) is 0 Å². The number of carbonyl (C=O) groups is 2.